The van der Waals surface area contributed by atoms with Gasteiger partial charge in [-0.25, -0.2) is 9.97 Å². The molecule has 0 bridgehead atoms. The third-order valence-corrected chi connectivity index (χ3v) is 6.23. The fraction of sp³-hybridized carbons (Fsp3) is 0.192. The van der Waals surface area contributed by atoms with E-state index in [1.165, 1.54) is 11.2 Å². The van der Waals surface area contributed by atoms with E-state index in [0.29, 0.717) is 37.3 Å². The van der Waals surface area contributed by atoms with E-state index >= 15 is 0 Å². The number of Topliss-reactive ketones (excluding diaryl/α,β-unsaturated/α-hetero) is 1. The number of carbonyl (C=O) groups is 3. The van der Waals surface area contributed by atoms with Crippen molar-refractivity contribution in [2.75, 3.05) is 26.2 Å². The lowest BCUT2D eigenvalue weighted by Gasteiger charge is -2.34. The summed E-state index contributed by atoms with van der Waals surface area (Å²) >= 11 is 0. The average Bonchev–Trinajstić information content (AvgIpc) is 3.35. The monoisotopic (exact) mass is 453 g/mol. The number of piperazine rings is 1. The van der Waals surface area contributed by atoms with Crippen molar-refractivity contribution in [3.8, 4) is 11.1 Å². The summed E-state index contributed by atoms with van der Waals surface area (Å²) in [6.45, 7) is 3.32. The second-order valence-corrected chi connectivity index (χ2v) is 8.29. The van der Waals surface area contributed by atoms with E-state index in [-0.39, 0.29) is 5.91 Å². The van der Waals surface area contributed by atoms with Gasteiger partial charge in [0.15, 0.2) is 0 Å². The molecule has 34 heavy (non-hydrogen) atoms. The molecule has 0 unspecified atom stereocenters. The Hall–Kier alpha value is -4.33. The normalized spacial score (nSPS) is 13.8. The van der Waals surface area contributed by atoms with Crippen molar-refractivity contribution in [2.45, 2.75) is 6.92 Å². The van der Waals surface area contributed by atoms with Crippen LogP contribution in [-0.2, 0) is 4.79 Å². The van der Waals surface area contributed by atoms with Crippen LogP contribution in [0.3, 0.4) is 0 Å². The summed E-state index contributed by atoms with van der Waals surface area (Å²) in [5.74, 6) is -1.18. The molecule has 0 aliphatic carbocycles. The molecule has 1 aliphatic rings. The number of H-pyrrole nitrogens is 1. The van der Waals surface area contributed by atoms with Gasteiger partial charge in [0.05, 0.1) is 11.1 Å². The lowest BCUT2D eigenvalue weighted by Crippen LogP contribution is -2.52. The van der Waals surface area contributed by atoms with Gasteiger partial charge in [0.1, 0.15) is 6.33 Å². The number of benzene rings is 2. The van der Waals surface area contributed by atoms with Gasteiger partial charge in [-0.3, -0.25) is 14.4 Å². The Bertz CT molecular complexity index is 1370. The lowest BCUT2D eigenvalue weighted by atomic mass is 9.98. The summed E-state index contributed by atoms with van der Waals surface area (Å²) in [5.41, 5.74) is 4.31. The summed E-state index contributed by atoms with van der Waals surface area (Å²) in [6.07, 6.45) is 6.48. The minimum atomic E-state index is -0.557. The number of nitrogens with one attached hydrogen (secondary N) is 1. The van der Waals surface area contributed by atoms with Crippen LogP contribution >= 0.6 is 0 Å². The van der Waals surface area contributed by atoms with E-state index in [9.17, 15) is 14.4 Å². The summed E-state index contributed by atoms with van der Waals surface area (Å²) in [6, 6.07) is 12.9. The summed E-state index contributed by atoms with van der Waals surface area (Å²) in [4.78, 5) is 53.6. The number of aryl methyl sites for hydroxylation is 1. The first kappa shape index (κ1) is 21.5. The molecule has 3 heterocycles. The zero-order chi connectivity index (χ0) is 23.7. The van der Waals surface area contributed by atoms with Crippen LogP contribution in [0.1, 0.15) is 26.3 Å². The van der Waals surface area contributed by atoms with E-state index in [1.807, 2.05) is 37.3 Å². The summed E-state index contributed by atoms with van der Waals surface area (Å²) < 4.78 is 0. The smallest absolute Gasteiger partial charge is 0.295 e. The Balaban J connectivity index is 1.35. The number of ketones is 1. The molecule has 0 atom stereocenters. The molecule has 4 aromatic rings. The minimum absolute atomic E-state index is 0.0660. The molecule has 2 amide bonds. The van der Waals surface area contributed by atoms with Crippen LogP contribution in [-0.4, -0.2) is 68.5 Å². The van der Waals surface area contributed by atoms with Gasteiger partial charge in [0.2, 0.25) is 0 Å². The first-order valence-electron chi connectivity index (χ1n) is 11.1. The molecule has 1 N–H and O–H groups in total. The number of fused-ring (bicyclic) bond motifs is 1. The van der Waals surface area contributed by atoms with Crippen molar-refractivity contribution >= 4 is 28.5 Å². The largest absolute Gasteiger partial charge is 0.360 e. The molecular weight excluding hydrogens is 430 g/mol. The zero-order valence-electron chi connectivity index (χ0n) is 18.7. The van der Waals surface area contributed by atoms with Gasteiger partial charge in [-0.1, -0.05) is 30.3 Å². The van der Waals surface area contributed by atoms with Gasteiger partial charge in [-0.05, 0) is 24.6 Å². The number of aromatic nitrogens is 3. The maximum Gasteiger partial charge on any atom is 0.295 e. The number of carbonyl (C=O) groups excluding carboxylic acids is 3. The Morgan fingerprint density at radius 2 is 1.56 bits per heavy atom. The molecule has 0 spiro atoms. The molecule has 1 saturated heterocycles. The first-order chi connectivity index (χ1) is 16.5. The molecule has 0 radical (unpaired) electrons. The molecule has 8 heteroatoms. The fourth-order valence-electron chi connectivity index (χ4n) is 4.41. The van der Waals surface area contributed by atoms with Crippen molar-refractivity contribution in [2.24, 2.45) is 0 Å². The Kier molecular flexibility index (Phi) is 5.63. The van der Waals surface area contributed by atoms with Crippen LogP contribution in [0.25, 0.3) is 22.0 Å². The van der Waals surface area contributed by atoms with Crippen LogP contribution < -0.4 is 0 Å². The predicted octanol–water partition coefficient (Wildman–Crippen LogP) is 3.10. The third kappa shape index (κ3) is 3.83. The van der Waals surface area contributed by atoms with Gasteiger partial charge < -0.3 is 14.8 Å². The topological polar surface area (TPSA) is 99.3 Å². The number of amides is 2. The van der Waals surface area contributed by atoms with Crippen LogP contribution in [0.15, 0.2) is 67.4 Å². The van der Waals surface area contributed by atoms with E-state index in [4.69, 9.17) is 0 Å². The maximum absolute atomic E-state index is 13.2. The second-order valence-electron chi connectivity index (χ2n) is 8.29. The summed E-state index contributed by atoms with van der Waals surface area (Å²) in [7, 11) is 0. The van der Waals surface area contributed by atoms with Gasteiger partial charge in [0.25, 0.3) is 17.6 Å². The molecule has 2 aromatic carbocycles. The highest BCUT2D eigenvalue weighted by molar-refractivity contribution is 6.45. The molecule has 2 aromatic heterocycles. The van der Waals surface area contributed by atoms with Crippen LogP contribution in [0.5, 0.6) is 0 Å². The number of nitrogens with zero attached hydrogens (tertiary/aromatic N) is 4. The predicted molar refractivity (Wildman–Crippen MR) is 127 cm³/mol. The highest BCUT2D eigenvalue weighted by Gasteiger charge is 2.30. The molecular formula is C26H23N5O3. The van der Waals surface area contributed by atoms with Crippen LogP contribution in [0.2, 0.25) is 0 Å². The van der Waals surface area contributed by atoms with Gasteiger partial charge >= 0.3 is 0 Å². The van der Waals surface area contributed by atoms with E-state index < -0.39 is 11.7 Å². The number of hydrogen-bond donors (Lipinski definition) is 1. The number of hydrogen-bond acceptors (Lipinski definition) is 5. The van der Waals surface area contributed by atoms with Crippen molar-refractivity contribution in [3.05, 3.63) is 84.1 Å². The van der Waals surface area contributed by atoms with E-state index in [2.05, 4.69) is 15.0 Å². The SMILES string of the molecule is Cc1ccc(-c2cncnc2)c2[nH]cc(C(=O)C(=O)N3CCN(C(=O)c4ccccc4)CC3)c12. The third-order valence-electron chi connectivity index (χ3n) is 6.23. The van der Waals surface area contributed by atoms with E-state index in [0.717, 1.165) is 27.6 Å². The van der Waals surface area contributed by atoms with Crippen molar-refractivity contribution in [1.29, 1.82) is 0 Å². The first-order valence-corrected chi connectivity index (χ1v) is 11.1. The standard InChI is InChI=1S/C26H23N5O3/c1-17-7-8-20(19-13-27-16-28-14-19)23-22(17)21(15-29-23)24(32)26(34)31-11-9-30(10-12-31)25(33)18-5-3-2-4-6-18/h2-8,13-16,29H,9-12H2,1H3. The van der Waals surface area contributed by atoms with Crippen molar-refractivity contribution in [3.63, 3.8) is 0 Å². The summed E-state index contributed by atoms with van der Waals surface area (Å²) in [5, 5.41) is 0.720. The molecule has 1 fully saturated rings. The zero-order valence-corrected chi connectivity index (χ0v) is 18.7. The number of rotatable bonds is 4. The molecule has 1 aliphatic heterocycles. The van der Waals surface area contributed by atoms with Crippen LogP contribution in [0.4, 0.5) is 0 Å². The van der Waals surface area contributed by atoms with E-state index in [1.54, 1.807) is 35.6 Å². The van der Waals surface area contributed by atoms with Gasteiger partial charge in [-0.2, -0.15) is 0 Å². The highest BCUT2D eigenvalue weighted by Crippen LogP contribution is 2.32. The van der Waals surface area contributed by atoms with Gasteiger partial charge in [-0.15, -0.1) is 0 Å². The van der Waals surface area contributed by atoms with Crippen molar-refractivity contribution in [1.82, 2.24) is 24.8 Å². The van der Waals surface area contributed by atoms with Gasteiger partial charge in [0, 0.05) is 66.8 Å². The van der Waals surface area contributed by atoms with Crippen molar-refractivity contribution < 1.29 is 14.4 Å². The average molecular weight is 454 g/mol. The number of aromatic amines is 1. The quantitative estimate of drug-likeness (QED) is 0.378. The lowest BCUT2D eigenvalue weighted by molar-refractivity contribution is -0.127. The molecule has 5 rings (SSSR count). The van der Waals surface area contributed by atoms with Crippen LogP contribution in [0, 0.1) is 6.92 Å². The Morgan fingerprint density at radius 1 is 0.882 bits per heavy atom. The molecule has 8 nitrogen and oxygen atoms in total. The minimum Gasteiger partial charge on any atom is -0.360 e. The maximum atomic E-state index is 13.2. The Morgan fingerprint density at radius 3 is 2.26 bits per heavy atom. The fourth-order valence-corrected chi connectivity index (χ4v) is 4.41. The molecule has 0 saturated carbocycles. The second kappa shape index (κ2) is 8.90. The highest BCUT2D eigenvalue weighted by atomic mass is 16.2. The Labute approximate surface area is 196 Å². The molecule has 170 valence electrons.